The minimum atomic E-state index is -0.713. The van der Waals surface area contributed by atoms with Crippen LogP contribution in [-0.2, 0) is 16.1 Å². The number of nitrogens with one attached hydrogen (secondary N) is 1. The van der Waals surface area contributed by atoms with Crippen LogP contribution in [0.25, 0.3) is 17.0 Å². The van der Waals surface area contributed by atoms with Crippen molar-refractivity contribution in [3.63, 3.8) is 0 Å². The summed E-state index contributed by atoms with van der Waals surface area (Å²) in [6, 6.07) is 12.7. The van der Waals surface area contributed by atoms with Crippen LogP contribution in [0.15, 0.2) is 60.3 Å². The molecule has 0 atom stereocenters. The molecule has 8 heteroatoms. The summed E-state index contributed by atoms with van der Waals surface area (Å²) in [5, 5.41) is 3.06. The third-order valence-corrected chi connectivity index (χ3v) is 5.04. The lowest BCUT2D eigenvalue weighted by Crippen LogP contribution is -2.53. The Bertz CT molecular complexity index is 1200. The van der Waals surface area contributed by atoms with Gasteiger partial charge in [-0.3, -0.25) is 19.8 Å². The molecule has 1 aliphatic rings. The van der Waals surface area contributed by atoms with Gasteiger partial charge in [0.15, 0.2) is 0 Å². The van der Waals surface area contributed by atoms with Gasteiger partial charge in [-0.05, 0) is 43.3 Å². The molecule has 158 valence electrons. The van der Waals surface area contributed by atoms with Gasteiger partial charge in [-0.1, -0.05) is 18.2 Å². The first kappa shape index (κ1) is 20.3. The number of amides is 4. The van der Waals surface area contributed by atoms with E-state index in [2.05, 4.69) is 5.32 Å². The Kier molecular flexibility index (Phi) is 5.53. The average molecular weight is 421 g/mol. The number of para-hydroxylation sites is 1. The van der Waals surface area contributed by atoms with E-state index in [1.165, 1.54) is 18.2 Å². The average Bonchev–Trinajstić information content (AvgIpc) is 3.10. The van der Waals surface area contributed by atoms with E-state index in [9.17, 15) is 18.8 Å². The highest BCUT2D eigenvalue weighted by Gasteiger charge is 2.34. The number of imide groups is 2. The summed E-state index contributed by atoms with van der Waals surface area (Å²) < 4.78 is 20.7. The largest absolute Gasteiger partial charge is 0.492 e. The number of barbiturate groups is 1. The molecule has 4 amide bonds. The van der Waals surface area contributed by atoms with Crippen LogP contribution in [0.1, 0.15) is 12.5 Å². The van der Waals surface area contributed by atoms with Crippen molar-refractivity contribution in [3.05, 3.63) is 71.7 Å². The number of fused-ring (bicyclic) bond motifs is 1. The highest BCUT2D eigenvalue weighted by atomic mass is 19.1. The van der Waals surface area contributed by atoms with Crippen LogP contribution in [0.2, 0.25) is 0 Å². The van der Waals surface area contributed by atoms with Crippen LogP contribution in [0.3, 0.4) is 0 Å². The number of nitrogens with zero attached hydrogens (tertiary/aromatic N) is 2. The molecule has 1 N–H and O–H groups in total. The van der Waals surface area contributed by atoms with E-state index < -0.39 is 17.8 Å². The van der Waals surface area contributed by atoms with Crippen LogP contribution in [0.4, 0.5) is 9.18 Å². The van der Waals surface area contributed by atoms with Crippen LogP contribution in [-0.4, -0.2) is 40.5 Å². The fraction of sp³-hybridized carbons (Fsp3) is 0.174. The molecule has 1 saturated heterocycles. The van der Waals surface area contributed by atoms with E-state index in [0.717, 1.165) is 15.8 Å². The maximum absolute atomic E-state index is 13.0. The Hall–Kier alpha value is -3.94. The second kappa shape index (κ2) is 8.43. The quantitative estimate of drug-likeness (QED) is 0.489. The van der Waals surface area contributed by atoms with Gasteiger partial charge in [-0.25, -0.2) is 9.18 Å². The number of carbonyl (C=O) groups is 3. The fourth-order valence-electron chi connectivity index (χ4n) is 3.50. The van der Waals surface area contributed by atoms with Gasteiger partial charge in [0.05, 0.1) is 6.54 Å². The molecular weight excluding hydrogens is 401 g/mol. The van der Waals surface area contributed by atoms with Crippen LogP contribution >= 0.6 is 0 Å². The molecule has 4 rings (SSSR count). The molecule has 1 aromatic heterocycles. The number of rotatable bonds is 6. The summed E-state index contributed by atoms with van der Waals surface area (Å²) in [7, 11) is 0. The molecule has 0 spiro atoms. The number of carbonyl (C=O) groups excluding carboxylic acids is 3. The highest BCUT2D eigenvalue weighted by Crippen LogP contribution is 2.25. The second-order valence-electron chi connectivity index (χ2n) is 6.96. The number of halogens is 1. The predicted molar refractivity (Wildman–Crippen MR) is 113 cm³/mol. The zero-order valence-corrected chi connectivity index (χ0v) is 16.8. The molecule has 7 nitrogen and oxygen atoms in total. The Morgan fingerprint density at radius 2 is 1.81 bits per heavy atom. The number of ether oxygens (including phenoxy) is 1. The molecular formula is C23H20FN3O4. The van der Waals surface area contributed by atoms with E-state index in [-0.39, 0.29) is 17.9 Å². The van der Waals surface area contributed by atoms with Crippen molar-refractivity contribution < 1.29 is 23.5 Å². The second-order valence-corrected chi connectivity index (χ2v) is 6.96. The van der Waals surface area contributed by atoms with Crippen molar-refractivity contribution in [1.82, 2.24) is 14.8 Å². The monoisotopic (exact) mass is 421 g/mol. The summed E-state index contributed by atoms with van der Waals surface area (Å²) in [6.07, 6.45) is 3.34. The molecule has 0 bridgehead atoms. The zero-order chi connectivity index (χ0) is 22.0. The van der Waals surface area contributed by atoms with Crippen LogP contribution in [0.5, 0.6) is 5.75 Å². The molecule has 0 aliphatic carbocycles. The van der Waals surface area contributed by atoms with Gasteiger partial charge >= 0.3 is 6.03 Å². The third kappa shape index (κ3) is 4.05. The van der Waals surface area contributed by atoms with E-state index >= 15 is 0 Å². The summed E-state index contributed by atoms with van der Waals surface area (Å²) in [5.74, 6) is -1.09. The molecule has 0 saturated carbocycles. The molecule has 31 heavy (non-hydrogen) atoms. The first-order chi connectivity index (χ1) is 15.0. The van der Waals surface area contributed by atoms with Crippen molar-refractivity contribution in [3.8, 4) is 5.75 Å². The van der Waals surface area contributed by atoms with Gasteiger partial charge in [0.25, 0.3) is 11.8 Å². The Morgan fingerprint density at radius 3 is 2.55 bits per heavy atom. The molecule has 2 aromatic carbocycles. The molecule has 1 aliphatic heterocycles. The lowest BCUT2D eigenvalue weighted by molar-refractivity contribution is -0.129. The van der Waals surface area contributed by atoms with Gasteiger partial charge in [-0.15, -0.1) is 0 Å². The Balaban J connectivity index is 1.61. The van der Waals surface area contributed by atoms with Gasteiger partial charge in [0, 0.05) is 29.2 Å². The van der Waals surface area contributed by atoms with Gasteiger partial charge in [0.1, 0.15) is 23.7 Å². The maximum Gasteiger partial charge on any atom is 0.331 e. The van der Waals surface area contributed by atoms with Crippen molar-refractivity contribution in [2.75, 3.05) is 13.2 Å². The normalized spacial score (nSPS) is 15.6. The van der Waals surface area contributed by atoms with E-state index in [0.29, 0.717) is 24.5 Å². The van der Waals surface area contributed by atoms with Crippen LogP contribution in [0, 0.1) is 5.82 Å². The predicted octanol–water partition coefficient (Wildman–Crippen LogP) is 3.34. The smallest absolute Gasteiger partial charge is 0.331 e. The summed E-state index contributed by atoms with van der Waals surface area (Å²) in [6.45, 7) is 2.67. The minimum Gasteiger partial charge on any atom is -0.492 e. The van der Waals surface area contributed by atoms with Gasteiger partial charge in [0.2, 0.25) is 0 Å². The number of likely N-dealkylation sites (N-methyl/N-ethyl adjacent to an activating group) is 1. The fourth-order valence-corrected chi connectivity index (χ4v) is 3.50. The molecule has 0 unspecified atom stereocenters. The van der Waals surface area contributed by atoms with E-state index in [1.807, 2.05) is 35.0 Å². The number of benzene rings is 2. The standard InChI is InChI=1S/C23H20FN3O4/c1-2-27-22(29)19(21(28)25-23(27)30)13-15-14-26(20-6-4-3-5-18(15)20)11-12-31-17-9-7-16(24)8-10-17/h3-10,13-14H,2,11-12H2,1H3,(H,25,28,30)/b19-13-. The molecule has 2 heterocycles. The minimum absolute atomic E-state index is 0.0908. The summed E-state index contributed by atoms with van der Waals surface area (Å²) in [5.41, 5.74) is 1.50. The van der Waals surface area contributed by atoms with Crippen molar-refractivity contribution in [2.24, 2.45) is 0 Å². The lowest BCUT2D eigenvalue weighted by atomic mass is 10.1. The van der Waals surface area contributed by atoms with Crippen molar-refractivity contribution >= 4 is 34.8 Å². The van der Waals surface area contributed by atoms with Crippen molar-refractivity contribution in [1.29, 1.82) is 0 Å². The van der Waals surface area contributed by atoms with Crippen LogP contribution < -0.4 is 10.1 Å². The molecule has 1 fully saturated rings. The van der Waals surface area contributed by atoms with Crippen molar-refractivity contribution in [2.45, 2.75) is 13.5 Å². The Labute approximate surface area is 177 Å². The molecule has 3 aromatic rings. The first-order valence-electron chi connectivity index (χ1n) is 9.83. The summed E-state index contributed by atoms with van der Waals surface area (Å²) in [4.78, 5) is 37.7. The number of aromatic nitrogens is 1. The van der Waals surface area contributed by atoms with Gasteiger partial charge in [-0.2, -0.15) is 0 Å². The maximum atomic E-state index is 13.0. The van der Waals surface area contributed by atoms with E-state index in [4.69, 9.17) is 4.74 Å². The van der Waals surface area contributed by atoms with E-state index in [1.54, 1.807) is 19.1 Å². The topological polar surface area (TPSA) is 80.6 Å². The van der Waals surface area contributed by atoms with Gasteiger partial charge < -0.3 is 9.30 Å². The zero-order valence-electron chi connectivity index (χ0n) is 16.8. The first-order valence-corrected chi connectivity index (χ1v) is 9.83. The summed E-state index contributed by atoms with van der Waals surface area (Å²) >= 11 is 0. The SMILES string of the molecule is CCN1C(=O)NC(=O)/C(=C/c2cn(CCOc3ccc(F)cc3)c3ccccc23)C1=O. The number of urea groups is 1. The number of hydrogen-bond acceptors (Lipinski definition) is 4. The Morgan fingerprint density at radius 1 is 1.06 bits per heavy atom. The highest BCUT2D eigenvalue weighted by molar-refractivity contribution is 6.31. The molecule has 0 radical (unpaired) electrons. The number of hydrogen-bond donors (Lipinski definition) is 1. The third-order valence-electron chi connectivity index (χ3n) is 5.04. The lowest BCUT2D eigenvalue weighted by Gasteiger charge is -2.24.